The molecule has 0 aliphatic heterocycles. The number of carbonyl (C=O) groups is 1. The smallest absolute Gasteiger partial charge is 0.273 e. The molecule has 3 aromatic carbocycles. The summed E-state index contributed by atoms with van der Waals surface area (Å²) in [5.41, 5.74) is 3.32. The van der Waals surface area contributed by atoms with Gasteiger partial charge in [-0.25, -0.2) is 0 Å². The van der Waals surface area contributed by atoms with Crippen molar-refractivity contribution in [2.75, 3.05) is 0 Å². The van der Waals surface area contributed by atoms with Crippen molar-refractivity contribution in [3.05, 3.63) is 102 Å². The lowest BCUT2D eigenvalue weighted by molar-refractivity contribution is 0.0939. The lowest BCUT2D eigenvalue weighted by Crippen LogP contribution is -2.29. The van der Waals surface area contributed by atoms with E-state index in [9.17, 15) is 4.79 Å². The van der Waals surface area contributed by atoms with Crippen LogP contribution in [0, 0.1) is 0 Å². The third kappa shape index (κ3) is 3.02. The average molecular weight is 327 g/mol. The van der Waals surface area contributed by atoms with Gasteiger partial charge in [-0.2, -0.15) is 5.10 Å². The van der Waals surface area contributed by atoms with Gasteiger partial charge in [-0.05, 0) is 17.2 Å². The van der Waals surface area contributed by atoms with Gasteiger partial charge >= 0.3 is 0 Å². The van der Waals surface area contributed by atoms with E-state index in [-0.39, 0.29) is 11.9 Å². The highest BCUT2D eigenvalue weighted by Gasteiger charge is 2.20. The molecule has 0 aliphatic carbocycles. The summed E-state index contributed by atoms with van der Waals surface area (Å²) in [4.78, 5) is 12.9. The molecule has 2 N–H and O–H groups in total. The lowest BCUT2D eigenvalue weighted by Gasteiger charge is -2.19. The van der Waals surface area contributed by atoms with Crippen molar-refractivity contribution in [3.8, 4) is 0 Å². The normalized spacial score (nSPS) is 10.9. The Morgan fingerprint density at radius 2 is 1.36 bits per heavy atom. The Morgan fingerprint density at radius 1 is 0.800 bits per heavy atom. The third-order valence-electron chi connectivity index (χ3n) is 4.23. The van der Waals surface area contributed by atoms with Gasteiger partial charge in [-0.15, -0.1) is 0 Å². The number of para-hydroxylation sites is 1. The van der Waals surface area contributed by atoms with E-state index in [2.05, 4.69) is 15.5 Å². The molecular formula is C21H17N3O. The molecule has 0 radical (unpaired) electrons. The number of hydrogen-bond acceptors (Lipinski definition) is 2. The van der Waals surface area contributed by atoms with E-state index in [4.69, 9.17) is 0 Å². The Labute approximate surface area is 145 Å². The molecule has 25 heavy (non-hydrogen) atoms. The van der Waals surface area contributed by atoms with Crippen LogP contribution in [-0.4, -0.2) is 16.1 Å². The fourth-order valence-electron chi connectivity index (χ4n) is 2.99. The molecule has 0 saturated carbocycles. The molecule has 0 bridgehead atoms. The quantitative estimate of drug-likeness (QED) is 0.593. The maximum Gasteiger partial charge on any atom is 0.273 e. The molecule has 0 aliphatic rings. The second-order valence-corrected chi connectivity index (χ2v) is 5.85. The lowest BCUT2D eigenvalue weighted by atomic mass is 9.98. The number of benzene rings is 3. The Morgan fingerprint density at radius 3 is 2.00 bits per heavy atom. The van der Waals surface area contributed by atoms with Gasteiger partial charge in [0, 0.05) is 5.39 Å². The molecular weight excluding hydrogens is 310 g/mol. The van der Waals surface area contributed by atoms with Crippen LogP contribution in [0.25, 0.3) is 10.9 Å². The fourth-order valence-corrected chi connectivity index (χ4v) is 2.99. The number of amides is 1. The first kappa shape index (κ1) is 15.1. The Kier molecular flexibility index (Phi) is 4.01. The number of aromatic amines is 1. The standard InChI is InChI=1S/C21H17N3O/c25-21(20-17-13-7-8-14-18(17)23-24-20)22-19(15-9-3-1-4-10-15)16-11-5-2-6-12-16/h1-14,19H,(H,22,25)(H,23,24). The number of rotatable bonds is 4. The van der Waals surface area contributed by atoms with Crippen LogP contribution in [0.5, 0.6) is 0 Å². The van der Waals surface area contributed by atoms with Gasteiger partial charge in [0.2, 0.25) is 0 Å². The number of aromatic nitrogens is 2. The Balaban J connectivity index is 1.70. The monoisotopic (exact) mass is 327 g/mol. The maximum atomic E-state index is 12.9. The number of hydrogen-bond donors (Lipinski definition) is 2. The van der Waals surface area contributed by atoms with Gasteiger partial charge in [0.25, 0.3) is 5.91 Å². The van der Waals surface area contributed by atoms with E-state index in [0.29, 0.717) is 5.69 Å². The second-order valence-electron chi connectivity index (χ2n) is 5.85. The van der Waals surface area contributed by atoms with Crippen molar-refractivity contribution in [1.29, 1.82) is 0 Å². The van der Waals surface area contributed by atoms with Gasteiger partial charge in [-0.3, -0.25) is 9.89 Å². The first-order valence-electron chi connectivity index (χ1n) is 8.17. The summed E-state index contributed by atoms with van der Waals surface area (Å²) in [5, 5.41) is 11.1. The molecule has 1 aromatic heterocycles. The summed E-state index contributed by atoms with van der Waals surface area (Å²) in [7, 11) is 0. The SMILES string of the molecule is O=C(NC(c1ccccc1)c1ccccc1)c1n[nH]c2ccccc12. The van der Waals surface area contributed by atoms with E-state index < -0.39 is 0 Å². The summed E-state index contributed by atoms with van der Waals surface area (Å²) in [6, 6.07) is 27.3. The van der Waals surface area contributed by atoms with E-state index in [1.54, 1.807) is 0 Å². The summed E-state index contributed by atoms with van der Waals surface area (Å²) in [6.07, 6.45) is 0. The topological polar surface area (TPSA) is 57.8 Å². The molecule has 1 amide bonds. The maximum absolute atomic E-state index is 12.9. The molecule has 4 heteroatoms. The van der Waals surface area contributed by atoms with Gasteiger partial charge in [0.15, 0.2) is 5.69 Å². The summed E-state index contributed by atoms with van der Waals surface area (Å²) < 4.78 is 0. The van der Waals surface area contributed by atoms with Crippen LogP contribution < -0.4 is 5.32 Å². The van der Waals surface area contributed by atoms with Crippen molar-refractivity contribution in [2.24, 2.45) is 0 Å². The van der Waals surface area contributed by atoms with Crippen LogP contribution in [-0.2, 0) is 0 Å². The number of nitrogens with one attached hydrogen (secondary N) is 2. The number of nitrogens with zero attached hydrogens (tertiary/aromatic N) is 1. The van der Waals surface area contributed by atoms with Crippen LogP contribution in [0.3, 0.4) is 0 Å². The van der Waals surface area contributed by atoms with Crippen LogP contribution in [0.1, 0.15) is 27.7 Å². The average Bonchev–Trinajstić information content (AvgIpc) is 3.11. The van der Waals surface area contributed by atoms with Crippen molar-refractivity contribution in [2.45, 2.75) is 6.04 Å². The van der Waals surface area contributed by atoms with E-state index in [1.807, 2.05) is 84.9 Å². The highest BCUT2D eigenvalue weighted by molar-refractivity contribution is 6.04. The molecule has 0 saturated heterocycles. The van der Waals surface area contributed by atoms with Crippen molar-refractivity contribution >= 4 is 16.8 Å². The highest BCUT2D eigenvalue weighted by atomic mass is 16.2. The fraction of sp³-hybridized carbons (Fsp3) is 0.0476. The molecule has 1 heterocycles. The molecule has 0 unspecified atom stereocenters. The van der Waals surface area contributed by atoms with Crippen LogP contribution in [0.15, 0.2) is 84.9 Å². The predicted molar refractivity (Wildman–Crippen MR) is 98.3 cm³/mol. The predicted octanol–water partition coefficient (Wildman–Crippen LogP) is 4.08. The molecule has 4 rings (SSSR count). The van der Waals surface area contributed by atoms with E-state index in [0.717, 1.165) is 22.0 Å². The molecule has 0 atom stereocenters. The molecule has 0 fully saturated rings. The molecule has 4 nitrogen and oxygen atoms in total. The molecule has 0 spiro atoms. The van der Waals surface area contributed by atoms with E-state index >= 15 is 0 Å². The Hall–Kier alpha value is -3.40. The summed E-state index contributed by atoms with van der Waals surface area (Å²) >= 11 is 0. The minimum atomic E-state index is -0.231. The van der Waals surface area contributed by atoms with Gasteiger partial charge in [0.1, 0.15) is 0 Å². The molecule has 4 aromatic rings. The van der Waals surface area contributed by atoms with Gasteiger partial charge < -0.3 is 5.32 Å². The zero-order valence-electron chi connectivity index (χ0n) is 13.5. The number of fused-ring (bicyclic) bond motifs is 1. The van der Waals surface area contributed by atoms with Crippen LogP contribution >= 0.6 is 0 Å². The summed E-state index contributed by atoms with van der Waals surface area (Å²) in [5.74, 6) is -0.199. The minimum Gasteiger partial charge on any atom is -0.340 e. The second kappa shape index (κ2) is 6.61. The number of carbonyl (C=O) groups excluding carboxylic acids is 1. The zero-order valence-corrected chi connectivity index (χ0v) is 13.5. The van der Waals surface area contributed by atoms with Crippen LogP contribution in [0.2, 0.25) is 0 Å². The Bertz CT molecular complexity index is 954. The first-order valence-corrected chi connectivity index (χ1v) is 8.17. The largest absolute Gasteiger partial charge is 0.340 e. The van der Waals surface area contributed by atoms with Gasteiger partial charge in [0.05, 0.1) is 11.6 Å². The molecule has 122 valence electrons. The number of H-pyrrole nitrogens is 1. The summed E-state index contributed by atoms with van der Waals surface area (Å²) in [6.45, 7) is 0. The van der Waals surface area contributed by atoms with Crippen LogP contribution in [0.4, 0.5) is 0 Å². The third-order valence-corrected chi connectivity index (χ3v) is 4.23. The van der Waals surface area contributed by atoms with Crippen molar-refractivity contribution < 1.29 is 4.79 Å². The first-order chi connectivity index (χ1) is 12.3. The highest BCUT2D eigenvalue weighted by Crippen LogP contribution is 2.23. The van der Waals surface area contributed by atoms with Crippen molar-refractivity contribution in [1.82, 2.24) is 15.5 Å². The zero-order chi connectivity index (χ0) is 17.1. The van der Waals surface area contributed by atoms with Crippen molar-refractivity contribution in [3.63, 3.8) is 0 Å². The minimum absolute atomic E-state index is 0.199. The van der Waals surface area contributed by atoms with E-state index in [1.165, 1.54) is 0 Å². The van der Waals surface area contributed by atoms with Gasteiger partial charge in [-0.1, -0.05) is 78.9 Å².